The van der Waals surface area contributed by atoms with Crippen LogP contribution in [0, 0.1) is 10.8 Å². The minimum absolute atomic E-state index is 0.246. The first-order chi connectivity index (χ1) is 13.8. The molecular formula is C24H26N2O4. The molecule has 0 aliphatic carbocycles. The highest BCUT2D eigenvalue weighted by molar-refractivity contribution is 6.22. The summed E-state index contributed by atoms with van der Waals surface area (Å²) >= 11 is 0. The van der Waals surface area contributed by atoms with E-state index in [1.165, 1.54) is 9.13 Å². The van der Waals surface area contributed by atoms with Gasteiger partial charge in [0.15, 0.2) is 0 Å². The molecule has 0 aliphatic heterocycles. The molecule has 0 aliphatic rings. The Balaban J connectivity index is 2.32. The number of hydrogen-bond donors (Lipinski definition) is 0. The third kappa shape index (κ3) is 3.02. The highest BCUT2D eigenvalue weighted by Crippen LogP contribution is 2.29. The normalized spacial score (nSPS) is 13.1. The highest BCUT2D eigenvalue weighted by atomic mass is 16.2. The number of fused-ring (bicyclic) bond motifs is 6. The van der Waals surface area contributed by atoms with Gasteiger partial charge in [0, 0.05) is 45.4 Å². The fourth-order valence-electron chi connectivity index (χ4n) is 4.21. The van der Waals surface area contributed by atoms with Crippen molar-refractivity contribution in [3.05, 3.63) is 65.7 Å². The first kappa shape index (κ1) is 20.3. The molecule has 156 valence electrons. The zero-order valence-electron chi connectivity index (χ0n) is 18.3. The number of benzene rings is 2. The van der Waals surface area contributed by atoms with Crippen LogP contribution in [0.1, 0.15) is 41.5 Å². The van der Waals surface area contributed by atoms with E-state index in [0.29, 0.717) is 32.3 Å². The van der Waals surface area contributed by atoms with E-state index in [0.717, 1.165) is 0 Å². The Morgan fingerprint density at radius 1 is 0.533 bits per heavy atom. The van der Waals surface area contributed by atoms with Crippen LogP contribution >= 0.6 is 0 Å². The maximum atomic E-state index is 13.3. The molecule has 0 amide bonds. The quantitative estimate of drug-likeness (QED) is 0.512. The van der Waals surface area contributed by atoms with E-state index < -0.39 is 22.2 Å². The van der Waals surface area contributed by atoms with Crippen LogP contribution in [-0.4, -0.2) is 9.13 Å². The van der Waals surface area contributed by atoms with Gasteiger partial charge in [0.1, 0.15) is 0 Å². The van der Waals surface area contributed by atoms with Gasteiger partial charge in [-0.25, -0.2) is 0 Å². The van der Waals surface area contributed by atoms with Crippen molar-refractivity contribution in [2.24, 2.45) is 10.8 Å². The average molecular weight is 406 g/mol. The third-order valence-corrected chi connectivity index (χ3v) is 5.33. The summed E-state index contributed by atoms with van der Waals surface area (Å²) in [4.78, 5) is 53.4. The highest BCUT2D eigenvalue weighted by Gasteiger charge is 2.24. The Labute approximate surface area is 173 Å². The molecule has 0 saturated heterocycles. The summed E-state index contributed by atoms with van der Waals surface area (Å²) in [6.07, 6.45) is 0. The van der Waals surface area contributed by atoms with Crippen LogP contribution < -0.4 is 22.2 Å². The maximum Gasteiger partial charge on any atom is 0.261 e. The molecule has 2 aromatic carbocycles. The second-order valence-corrected chi connectivity index (χ2v) is 10.6. The largest absolute Gasteiger partial charge is 0.274 e. The number of aromatic nitrogens is 2. The minimum Gasteiger partial charge on any atom is -0.274 e. The molecule has 30 heavy (non-hydrogen) atoms. The van der Waals surface area contributed by atoms with Crippen LogP contribution in [0.2, 0.25) is 0 Å². The lowest BCUT2D eigenvalue weighted by molar-refractivity contribution is 0.335. The fourth-order valence-corrected chi connectivity index (χ4v) is 4.21. The summed E-state index contributed by atoms with van der Waals surface area (Å²) in [7, 11) is 0. The van der Waals surface area contributed by atoms with Gasteiger partial charge in [-0.1, -0.05) is 41.5 Å². The second kappa shape index (κ2) is 6.24. The lowest BCUT2D eigenvalue weighted by atomic mass is 9.97. The maximum absolute atomic E-state index is 13.3. The molecule has 6 rings (SSSR count). The zero-order chi connectivity index (χ0) is 22.2. The molecule has 0 radical (unpaired) electrons. The summed E-state index contributed by atoms with van der Waals surface area (Å²) in [5.41, 5.74) is -2.29. The van der Waals surface area contributed by atoms with Crippen LogP contribution in [0.15, 0.2) is 43.4 Å². The smallest absolute Gasteiger partial charge is 0.261 e. The van der Waals surface area contributed by atoms with Gasteiger partial charge in [-0.05, 0) is 35.1 Å². The molecule has 6 aromatic rings. The third-order valence-electron chi connectivity index (χ3n) is 5.33. The van der Waals surface area contributed by atoms with Gasteiger partial charge in [-0.2, -0.15) is 0 Å². The van der Waals surface area contributed by atoms with Crippen LogP contribution in [-0.2, 0) is 13.1 Å². The average Bonchev–Trinajstić information content (AvgIpc) is 2.89. The van der Waals surface area contributed by atoms with Gasteiger partial charge in [0.05, 0.1) is 0 Å². The molecule has 0 N–H and O–H groups in total. The first-order valence-electron chi connectivity index (χ1n) is 10.1. The van der Waals surface area contributed by atoms with E-state index in [-0.39, 0.29) is 23.9 Å². The Hall–Kier alpha value is -3.02. The lowest BCUT2D eigenvalue weighted by Gasteiger charge is -2.18. The lowest BCUT2D eigenvalue weighted by Crippen LogP contribution is -2.35. The van der Waals surface area contributed by atoms with Gasteiger partial charge in [0.25, 0.3) is 22.2 Å². The first-order valence-corrected chi connectivity index (χ1v) is 10.1. The second-order valence-electron chi connectivity index (χ2n) is 10.6. The summed E-state index contributed by atoms with van der Waals surface area (Å²) < 4.78 is 2.48. The predicted molar refractivity (Wildman–Crippen MR) is 121 cm³/mol. The standard InChI is InChI=1S/C24H26N2O4/c1-23(2,3)11-25-19(27)13-7-8-14(20(25)28)18-16-10-9-15(17(13)18)21(29)26(22(16)30)12-24(4,5)6/h7-10H,11-12H2,1-6H3. The Bertz CT molecular complexity index is 1320. The molecule has 6 heteroatoms. The molecule has 4 aromatic heterocycles. The van der Waals surface area contributed by atoms with E-state index in [9.17, 15) is 19.2 Å². The number of rotatable bonds is 2. The number of hydrogen-bond acceptors (Lipinski definition) is 4. The summed E-state index contributed by atoms with van der Waals surface area (Å²) in [5, 5.41) is 1.99. The van der Waals surface area contributed by atoms with Crippen molar-refractivity contribution >= 4 is 32.3 Å². The molecule has 0 atom stereocenters. The molecule has 4 bridgehead atoms. The monoisotopic (exact) mass is 406 g/mol. The molecule has 4 heterocycles. The van der Waals surface area contributed by atoms with Crippen molar-refractivity contribution in [3.63, 3.8) is 0 Å². The van der Waals surface area contributed by atoms with Crippen molar-refractivity contribution in [2.75, 3.05) is 0 Å². The van der Waals surface area contributed by atoms with Gasteiger partial charge < -0.3 is 0 Å². The Kier molecular flexibility index (Phi) is 4.21. The molecule has 0 saturated carbocycles. The van der Waals surface area contributed by atoms with E-state index >= 15 is 0 Å². The predicted octanol–water partition coefficient (Wildman–Crippen LogP) is 3.16. The van der Waals surface area contributed by atoms with Gasteiger partial charge in [-0.15, -0.1) is 0 Å². The zero-order valence-corrected chi connectivity index (χ0v) is 18.3. The molecule has 6 nitrogen and oxygen atoms in total. The number of nitrogens with zero attached hydrogens (tertiary/aromatic N) is 2. The van der Waals surface area contributed by atoms with Crippen LogP contribution in [0.3, 0.4) is 0 Å². The summed E-state index contributed by atoms with van der Waals surface area (Å²) in [6.45, 7) is 12.2. The summed E-state index contributed by atoms with van der Waals surface area (Å²) in [6, 6.07) is 6.41. The van der Waals surface area contributed by atoms with Crippen LogP contribution in [0.4, 0.5) is 0 Å². The minimum atomic E-state index is -0.428. The van der Waals surface area contributed by atoms with E-state index in [1.807, 2.05) is 41.5 Å². The van der Waals surface area contributed by atoms with Crippen molar-refractivity contribution in [3.8, 4) is 0 Å². The van der Waals surface area contributed by atoms with Crippen LogP contribution in [0.25, 0.3) is 32.3 Å². The van der Waals surface area contributed by atoms with Crippen molar-refractivity contribution in [2.45, 2.75) is 54.6 Å². The van der Waals surface area contributed by atoms with Crippen molar-refractivity contribution in [1.82, 2.24) is 9.13 Å². The van der Waals surface area contributed by atoms with Crippen molar-refractivity contribution in [1.29, 1.82) is 0 Å². The fraction of sp³-hybridized carbons (Fsp3) is 0.417. The van der Waals surface area contributed by atoms with Gasteiger partial charge >= 0.3 is 0 Å². The van der Waals surface area contributed by atoms with E-state index in [1.54, 1.807) is 24.3 Å². The Morgan fingerprint density at radius 3 is 0.967 bits per heavy atom. The van der Waals surface area contributed by atoms with E-state index in [4.69, 9.17) is 0 Å². The van der Waals surface area contributed by atoms with Gasteiger partial charge in [-0.3, -0.25) is 28.3 Å². The topological polar surface area (TPSA) is 78.1 Å². The molecular weight excluding hydrogens is 380 g/mol. The Morgan fingerprint density at radius 2 is 0.767 bits per heavy atom. The molecule has 0 fully saturated rings. The van der Waals surface area contributed by atoms with E-state index in [2.05, 4.69) is 0 Å². The van der Waals surface area contributed by atoms with Gasteiger partial charge in [0.2, 0.25) is 0 Å². The molecule has 0 spiro atoms. The van der Waals surface area contributed by atoms with Crippen molar-refractivity contribution < 1.29 is 0 Å². The molecule has 0 unspecified atom stereocenters. The van der Waals surface area contributed by atoms with Crippen LogP contribution in [0.5, 0.6) is 0 Å². The summed E-state index contributed by atoms with van der Waals surface area (Å²) in [5.74, 6) is 0. The SMILES string of the molecule is CC(C)(C)Cn1c(=O)c2ccc(c1=O)c1c3ccc(c(=O)n(CC(C)(C)C)c3=O)c21.